The molecule has 3 saturated carbocycles. The molecule has 0 spiro atoms. The van der Waals surface area contributed by atoms with Crippen molar-refractivity contribution in [2.75, 3.05) is 13.2 Å². The number of amides is 1. The van der Waals surface area contributed by atoms with Gasteiger partial charge < -0.3 is 0 Å². The van der Waals surface area contributed by atoms with E-state index < -0.39 is 7.87 Å². The van der Waals surface area contributed by atoms with E-state index in [4.69, 9.17) is 9.05 Å². The molecule has 0 bridgehead atoms. The van der Waals surface area contributed by atoms with Gasteiger partial charge in [-0.2, -0.15) is 0 Å². The Morgan fingerprint density at radius 2 is 1.68 bits per heavy atom. The molecule has 0 aromatic rings. The van der Waals surface area contributed by atoms with Gasteiger partial charge in [0, 0.05) is 0 Å². The summed E-state index contributed by atoms with van der Waals surface area (Å²) in [6, 6.07) is 2.98. The minimum atomic E-state index is -3.00. The van der Waals surface area contributed by atoms with Gasteiger partial charge in [0.15, 0.2) is 0 Å². The predicted molar refractivity (Wildman–Crippen MR) is 212 cm³/mol. The van der Waals surface area contributed by atoms with Gasteiger partial charge in [-0.15, -0.1) is 0 Å². The average molecular weight is 716 g/mol. The van der Waals surface area contributed by atoms with E-state index in [1.54, 1.807) is 5.57 Å². The zero-order chi connectivity index (χ0) is 36.7. The van der Waals surface area contributed by atoms with Crippen LogP contribution in [-0.2, 0) is 13.8 Å². The average Bonchev–Trinajstić information content (AvgIpc) is 3.41. The summed E-state index contributed by atoms with van der Waals surface area (Å²) in [4.78, 5) is 11.4. The van der Waals surface area contributed by atoms with E-state index in [-0.39, 0.29) is 23.5 Å². The van der Waals surface area contributed by atoms with Gasteiger partial charge in [0.05, 0.1) is 0 Å². The number of hydrogen-bond donors (Lipinski definition) is 1. The fourth-order valence-corrected chi connectivity index (χ4v) is 16.8. The Kier molecular flexibility index (Phi) is 15.3. The molecule has 1 amide bonds. The van der Waals surface area contributed by atoms with Crippen molar-refractivity contribution in [3.8, 4) is 6.07 Å². The summed E-state index contributed by atoms with van der Waals surface area (Å²) >= 11 is 0. The number of carbonyl (C=O) groups is 1. The first kappa shape index (κ1) is 41.8. The maximum absolute atomic E-state index is 11.4. The molecule has 6 nitrogen and oxygen atoms in total. The van der Waals surface area contributed by atoms with Gasteiger partial charge >= 0.3 is 284 Å². The molecular weight excluding hydrogens is 637 g/mol. The van der Waals surface area contributed by atoms with Crippen LogP contribution in [0.1, 0.15) is 166 Å². The van der Waals surface area contributed by atoms with Crippen LogP contribution in [0, 0.1) is 57.7 Å². The van der Waals surface area contributed by atoms with Crippen LogP contribution < -0.4 is 5.32 Å². The van der Waals surface area contributed by atoms with Gasteiger partial charge in [0.2, 0.25) is 0 Å². The second kappa shape index (κ2) is 18.4. The first-order chi connectivity index (χ1) is 23.8. The molecule has 0 aliphatic heterocycles. The van der Waals surface area contributed by atoms with Gasteiger partial charge in [-0.25, -0.2) is 0 Å². The summed E-state index contributed by atoms with van der Waals surface area (Å²) in [6.07, 6.45) is 21.1. The van der Waals surface area contributed by atoms with Crippen molar-refractivity contribution < 1.29 is 13.8 Å². The van der Waals surface area contributed by atoms with Crippen molar-refractivity contribution in [3.63, 3.8) is 0 Å². The van der Waals surface area contributed by atoms with Crippen LogP contribution in [0.4, 0.5) is 0 Å². The third kappa shape index (κ3) is 8.86. The SMILES string of the molecule is CCCC(CCO[PH](OCCC#N)(C1CC[C@@]2(C)C(=CCC3C2CC[C@@]2(C)C3CC[C@@H]2[C@H](C)CCCC(C)C)C1)N(C(C)C)C(C)C)NC=O. The van der Waals surface area contributed by atoms with Crippen LogP contribution in [0.15, 0.2) is 11.6 Å². The topological polar surface area (TPSA) is 74.6 Å². The zero-order valence-corrected chi connectivity index (χ0v) is 35.1. The maximum atomic E-state index is 11.4. The van der Waals surface area contributed by atoms with Crippen molar-refractivity contribution in [1.82, 2.24) is 9.99 Å². The van der Waals surface area contributed by atoms with Gasteiger partial charge in [0.1, 0.15) is 0 Å². The van der Waals surface area contributed by atoms with Crippen LogP contribution >= 0.6 is 7.87 Å². The predicted octanol–water partition coefficient (Wildman–Crippen LogP) is 11.3. The molecule has 0 heterocycles. The van der Waals surface area contributed by atoms with E-state index in [1.807, 2.05) is 0 Å². The number of nitrogens with one attached hydrogen (secondary N) is 1. The molecule has 4 aliphatic carbocycles. The van der Waals surface area contributed by atoms with Gasteiger partial charge in [-0.1, -0.05) is 20.3 Å². The Hall–Kier alpha value is -0.990. The minimum absolute atomic E-state index is 0.109. The Bertz CT molecular complexity index is 1140. The van der Waals surface area contributed by atoms with Gasteiger partial charge in [-0.3, -0.25) is 0 Å². The molecule has 1 N–H and O–H groups in total. The molecule has 4 rings (SSSR count). The van der Waals surface area contributed by atoms with E-state index in [1.165, 1.54) is 57.8 Å². The van der Waals surface area contributed by atoms with Crippen LogP contribution in [0.5, 0.6) is 0 Å². The van der Waals surface area contributed by atoms with Crippen LogP contribution in [-0.4, -0.2) is 48.1 Å². The molecule has 5 unspecified atom stereocenters. The van der Waals surface area contributed by atoms with Crippen molar-refractivity contribution in [1.29, 1.82) is 5.26 Å². The van der Waals surface area contributed by atoms with E-state index >= 15 is 0 Å². The number of nitriles is 1. The van der Waals surface area contributed by atoms with Crippen molar-refractivity contribution in [3.05, 3.63) is 11.6 Å². The van der Waals surface area contributed by atoms with Crippen LogP contribution in [0.3, 0.4) is 0 Å². The van der Waals surface area contributed by atoms with E-state index in [0.29, 0.717) is 30.7 Å². The molecule has 0 aromatic carbocycles. The van der Waals surface area contributed by atoms with Crippen LogP contribution in [0.2, 0.25) is 0 Å². The molecule has 0 radical (unpaired) electrons. The molecule has 7 heteroatoms. The molecular formula is C43H78N3O3P. The number of nitrogens with zero attached hydrogens (tertiary/aromatic N) is 2. The third-order valence-corrected chi connectivity index (χ3v) is 19.0. The fraction of sp³-hybridized carbons (Fsp3) is 0.907. The molecule has 50 heavy (non-hydrogen) atoms. The second-order valence-corrected chi connectivity index (χ2v) is 21.8. The summed E-state index contributed by atoms with van der Waals surface area (Å²) < 4.78 is 16.9. The number of fused-ring (bicyclic) bond motifs is 5. The van der Waals surface area contributed by atoms with E-state index in [2.05, 4.69) is 91.4 Å². The van der Waals surface area contributed by atoms with Crippen molar-refractivity contribution in [2.24, 2.45) is 46.3 Å². The van der Waals surface area contributed by atoms with Gasteiger partial charge in [0.25, 0.3) is 0 Å². The monoisotopic (exact) mass is 716 g/mol. The van der Waals surface area contributed by atoms with Crippen LogP contribution in [0.25, 0.3) is 0 Å². The number of carbonyl (C=O) groups excluding carboxylic acids is 1. The fourth-order valence-electron chi connectivity index (χ4n) is 12.3. The number of rotatable bonds is 20. The Morgan fingerprint density at radius 3 is 2.32 bits per heavy atom. The first-order valence-corrected chi connectivity index (χ1v) is 23.0. The van der Waals surface area contributed by atoms with Gasteiger partial charge in [-0.05, 0) is 5.92 Å². The zero-order valence-electron chi connectivity index (χ0n) is 34.1. The van der Waals surface area contributed by atoms with Crippen molar-refractivity contribution in [2.45, 2.75) is 189 Å². The molecule has 9 atom stereocenters. The normalized spacial score (nSPS) is 32.7. The Balaban J connectivity index is 1.59. The van der Waals surface area contributed by atoms with E-state index in [0.717, 1.165) is 74.0 Å². The summed E-state index contributed by atoms with van der Waals surface area (Å²) in [7, 11) is -3.00. The summed E-state index contributed by atoms with van der Waals surface area (Å²) in [5, 5.41) is 12.6. The molecule has 4 aliphatic rings. The quantitative estimate of drug-likeness (QED) is 0.0588. The first-order valence-electron chi connectivity index (χ1n) is 21.1. The Labute approximate surface area is 309 Å². The summed E-state index contributed by atoms with van der Waals surface area (Å²) in [6.45, 7) is 24.9. The standard InChI is InChI=1S/C43H78N3O3P/c1-11-14-36(45-30-47)23-28-49-50(48-27-13-26-44,46(32(4)5)33(6)7)37-21-24-42(9)35(29-37)17-18-38-40-20-19-39(34(8)16-12-15-31(2)3)43(40,10)25-22-41(38)42/h17,30-34,36-41,50H,11-16,18-25,27-29H2,1-10H3,(H,45,47)/t34-,36?,37?,38?,39-,40?,41?,42+,43-/m1/s1. The molecule has 0 saturated heterocycles. The molecule has 3 fully saturated rings. The third-order valence-electron chi connectivity index (χ3n) is 14.5. The molecule has 0 aromatic heterocycles. The molecule has 288 valence electrons. The second-order valence-electron chi connectivity index (χ2n) is 18.6. The summed E-state index contributed by atoms with van der Waals surface area (Å²) in [5.74, 6) is 5.02. The van der Waals surface area contributed by atoms with Crippen molar-refractivity contribution >= 4 is 14.3 Å². The number of allylic oxidation sites excluding steroid dienone is 2. The Morgan fingerprint density at radius 1 is 0.960 bits per heavy atom. The summed E-state index contributed by atoms with van der Waals surface area (Å²) in [5.41, 5.74) is 2.75. The van der Waals surface area contributed by atoms with E-state index in [9.17, 15) is 10.1 Å². The number of hydrogen-bond acceptors (Lipinski definition) is 5.